The standard InChI is InChI=1S/C14H16N4O2/c19-14(17-9-11-2-1-5-16-11)12-8-13(20-18-12)10-3-6-15-7-4-10/h3-4,6-8,11,16H,1-2,5,9H2,(H,17,19). The molecule has 2 aromatic rings. The van der Waals surface area contributed by atoms with E-state index >= 15 is 0 Å². The number of hydrogen-bond acceptors (Lipinski definition) is 5. The second kappa shape index (κ2) is 5.83. The number of carbonyl (C=O) groups excluding carboxylic acids is 1. The van der Waals surface area contributed by atoms with Gasteiger partial charge in [-0.25, -0.2) is 0 Å². The lowest BCUT2D eigenvalue weighted by Crippen LogP contribution is -2.37. The second-order valence-electron chi connectivity index (χ2n) is 4.82. The highest BCUT2D eigenvalue weighted by atomic mass is 16.5. The molecule has 0 bridgehead atoms. The zero-order valence-electron chi connectivity index (χ0n) is 11.0. The first kappa shape index (κ1) is 12.8. The topological polar surface area (TPSA) is 80.0 Å². The molecule has 1 unspecified atom stereocenters. The van der Waals surface area contributed by atoms with Crippen LogP contribution in [0.1, 0.15) is 23.3 Å². The Morgan fingerprint density at radius 1 is 1.45 bits per heavy atom. The van der Waals surface area contributed by atoms with Crippen molar-refractivity contribution in [3.05, 3.63) is 36.3 Å². The van der Waals surface area contributed by atoms with Gasteiger partial charge in [0, 0.05) is 36.6 Å². The molecule has 6 nitrogen and oxygen atoms in total. The Labute approximate surface area is 116 Å². The third-order valence-corrected chi connectivity index (χ3v) is 3.38. The molecule has 1 saturated heterocycles. The van der Waals surface area contributed by atoms with E-state index in [9.17, 15) is 4.79 Å². The van der Waals surface area contributed by atoms with Crippen molar-refractivity contribution in [2.24, 2.45) is 0 Å². The van der Waals surface area contributed by atoms with Gasteiger partial charge in [-0.1, -0.05) is 5.16 Å². The van der Waals surface area contributed by atoms with Gasteiger partial charge in [-0.3, -0.25) is 9.78 Å². The minimum Gasteiger partial charge on any atom is -0.355 e. The zero-order valence-corrected chi connectivity index (χ0v) is 11.0. The van der Waals surface area contributed by atoms with Gasteiger partial charge in [0.25, 0.3) is 5.91 Å². The molecule has 6 heteroatoms. The van der Waals surface area contributed by atoms with E-state index in [2.05, 4.69) is 20.8 Å². The lowest BCUT2D eigenvalue weighted by Gasteiger charge is -2.09. The maximum Gasteiger partial charge on any atom is 0.273 e. The molecule has 1 aliphatic heterocycles. The molecular weight excluding hydrogens is 256 g/mol. The summed E-state index contributed by atoms with van der Waals surface area (Å²) in [5.74, 6) is 0.360. The fourth-order valence-corrected chi connectivity index (χ4v) is 2.27. The Morgan fingerprint density at radius 2 is 2.30 bits per heavy atom. The van der Waals surface area contributed by atoms with Gasteiger partial charge in [-0.2, -0.15) is 0 Å². The van der Waals surface area contributed by atoms with Gasteiger partial charge in [-0.15, -0.1) is 0 Å². The summed E-state index contributed by atoms with van der Waals surface area (Å²) >= 11 is 0. The van der Waals surface area contributed by atoms with Gasteiger partial charge in [0.1, 0.15) is 0 Å². The van der Waals surface area contributed by atoms with Crippen molar-refractivity contribution in [3.8, 4) is 11.3 Å². The van der Waals surface area contributed by atoms with Crippen molar-refractivity contribution in [1.82, 2.24) is 20.8 Å². The van der Waals surface area contributed by atoms with Crippen molar-refractivity contribution in [3.63, 3.8) is 0 Å². The molecule has 0 spiro atoms. The van der Waals surface area contributed by atoms with Crippen molar-refractivity contribution < 1.29 is 9.32 Å². The van der Waals surface area contributed by atoms with E-state index in [1.165, 1.54) is 0 Å². The number of rotatable bonds is 4. The minimum atomic E-state index is -0.206. The molecule has 1 atom stereocenters. The summed E-state index contributed by atoms with van der Waals surface area (Å²) in [5.41, 5.74) is 1.15. The van der Waals surface area contributed by atoms with Gasteiger partial charge in [-0.05, 0) is 31.5 Å². The first-order valence-electron chi connectivity index (χ1n) is 6.71. The van der Waals surface area contributed by atoms with Crippen molar-refractivity contribution >= 4 is 5.91 Å². The molecule has 1 aliphatic rings. The lowest BCUT2D eigenvalue weighted by atomic mass is 10.2. The lowest BCUT2D eigenvalue weighted by molar-refractivity contribution is 0.0941. The molecule has 3 heterocycles. The monoisotopic (exact) mass is 272 g/mol. The summed E-state index contributed by atoms with van der Waals surface area (Å²) in [6, 6.07) is 5.63. The van der Waals surface area contributed by atoms with Crippen LogP contribution >= 0.6 is 0 Å². The van der Waals surface area contributed by atoms with Crippen LogP contribution in [0, 0.1) is 0 Å². The Hall–Kier alpha value is -2.21. The number of hydrogen-bond donors (Lipinski definition) is 2. The molecule has 3 rings (SSSR count). The van der Waals surface area contributed by atoms with Crippen LogP contribution in [-0.2, 0) is 0 Å². The minimum absolute atomic E-state index is 0.206. The molecule has 0 aliphatic carbocycles. The zero-order chi connectivity index (χ0) is 13.8. The van der Waals surface area contributed by atoms with Crippen molar-refractivity contribution in [2.75, 3.05) is 13.1 Å². The smallest absolute Gasteiger partial charge is 0.273 e. The second-order valence-corrected chi connectivity index (χ2v) is 4.82. The highest BCUT2D eigenvalue weighted by Crippen LogP contribution is 2.19. The quantitative estimate of drug-likeness (QED) is 0.874. The summed E-state index contributed by atoms with van der Waals surface area (Å²) in [7, 11) is 0. The van der Waals surface area contributed by atoms with E-state index in [1.807, 2.05) is 12.1 Å². The Balaban J connectivity index is 1.62. The molecule has 1 fully saturated rings. The van der Waals surface area contributed by atoms with Crippen LogP contribution in [-0.4, -0.2) is 35.2 Å². The van der Waals surface area contributed by atoms with E-state index in [0.717, 1.165) is 24.9 Å². The molecule has 0 saturated carbocycles. The van der Waals surface area contributed by atoms with Crippen LogP contribution in [0.15, 0.2) is 35.1 Å². The maximum absolute atomic E-state index is 12.0. The van der Waals surface area contributed by atoms with Crippen LogP contribution < -0.4 is 10.6 Å². The van der Waals surface area contributed by atoms with Crippen LogP contribution in [0.4, 0.5) is 0 Å². The van der Waals surface area contributed by atoms with E-state index in [0.29, 0.717) is 24.0 Å². The van der Waals surface area contributed by atoms with E-state index in [1.54, 1.807) is 18.5 Å². The highest BCUT2D eigenvalue weighted by Gasteiger charge is 2.17. The molecule has 0 radical (unpaired) electrons. The molecule has 104 valence electrons. The summed E-state index contributed by atoms with van der Waals surface area (Å²) < 4.78 is 5.19. The molecule has 2 aromatic heterocycles. The average Bonchev–Trinajstić information content (AvgIpc) is 3.17. The van der Waals surface area contributed by atoms with E-state index in [-0.39, 0.29) is 5.91 Å². The Kier molecular flexibility index (Phi) is 3.73. The molecule has 0 aromatic carbocycles. The first-order valence-corrected chi connectivity index (χ1v) is 6.71. The normalized spacial score (nSPS) is 18.1. The predicted octanol–water partition coefficient (Wildman–Crippen LogP) is 1.22. The maximum atomic E-state index is 12.0. The Morgan fingerprint density at radius 3 is 3.05 bits per heavy atom. The number of pyridine rings is 1. The van der Waals surface area contributed by atoms with Gasteiger partial charge >= 0.3 is 0 Å². The molecule has 20 heavy (non-hydrogen) atoms. The van der Waals surface area contributed by atoms with E-state index in [4.69, 9.17) is 4.52 Å². The average molecular weight is 272 g/mol. The van der Waals surface area contributed by atoms with Crippen molar-refractivity contribution in [2.45, 2.75) is 18.9 Å². The van der Waals surface area contributed by atoms with E-state index < -0.39 is 0 Å². The highest BCUT2D eigenvalue weighted by molar-refractivity contribution is 5.93. The summed E-state index contributed by atoms with van der Waals surface area (Å²) in [6.45, 7) is 1.65. The molecule has 1 amide bonds. The number of amides is 1. The summed E-state index contributed by atoms with van der Waals surface area (Å²) in [6.07, 6.45) is 5.60. The summed E-state index contributed by atoms with van der Waals surface area (Å²) in [5, 5.41) is 10.0. The number of nitrogens with zero attached hydrogens (tertiary/aromatic N) is 2. The van der Waals surface area contributed by atoms with Crippen LogP contribution in [0.2, 0.25) is 0 Å². The predicted molar refractivity (Wildman–Crippen MR) is 73.1 cm³/mol. The first-order chi connectivity index (χ1) is 9.83. The van der Waals surface area contributed by atoms with Gasteiger partial charge in [0.05, 0.1) is 0 Å². The number of aromatic nitrogens is 2. The van der Waals surface area contributed by atoms with Gasteiger partial charge < -0.3 is 15.2 Å². The SMILES string of the molecule is O=C(NCC1CCCN1)c1cc(-c2ccncc2)on1. The fraction of sp³-hybridized carbons (Fsp3) is 0.357. The number of carbonyl (C=O) groups is 1. The van der Waals surface area contributed by atoms with Crippen LogP contribution in [0.5, 0.6) is 0 Å². The fourth-order valence-electron chi connectivity index (χ4n) is 2.27. The van der Waals surface area contributed by atoms with Crippen LogP contribution in [0.3, 0.4) is 0 Å². The molecule has 2 N–H and O–H groups in total. The molecular formula is C14H16N4O2. The third kappa shape index (κ3) is 2.85. The largest absolute Gasteiger partial charge is 0.355 e. The Bertz CT molecular complexity index is 576. The third-order valence-electron chi connectivity index (χ3n) is 3.38. The number of nitrogens with one attached hydrogen (secondary N) is 2. The van der Waals surface area contributed by atoms with Crippen LogP contribution in [0.25, 0.3) is 11.3 Å². The summed E-state index contributed by atoms with van der Waals surface area (Å²) in [4.78, 5) is 15.9. The van der Waals surface area contributed by atoms with Gasteiger partial charge in [0.2, 0.25) is 0 Å². The van der Waals surface area contributed by atoms with Gasteiger partial charge in [0.15, 0.2) is 11.5 Å². The van der Waals surface area contributed by atoms with Crippen molar-refractivity contribution in [1.29, 1.82) is 0 Å².